The van der Waals surface area contributed by atoms with Crippen LogP contribution in [0.15, 0.2) is 34.9 Å². The number of rotatable bonds is 5. The van der Waals surface area contributed by atoms with Crippen molar-refractivity contribution in [1.82, 2.24) is 15.5 Å². The summed E-state index contributed by atoms with van der Waals surface area (Å²) in [5.41, 5.74) is 1.23. The fourth-order valence-electron chi connectivity index (χ4n) is 2.62. The molecule has 0 radical (unpaired) electrons. The molecule has 0 spiro atoms. The molecular weight excluding hydrogens is 252 g/mol. The molecule has 5 nitrogen and oxygen atoms in total. The summed E-state index contributed by atoms with van der Waals surface area (Å²) >= 11 is 0. The van der Waals surface area contributed by atoms with Crippen LogP contribution < -0.4 is 10.2 Å². The van der Waals surface area contributed by atoms with Crippen LogP contribution in [-0.4, -0.2) is 30.3 Å². The van der Waals surface area contributed by atoms with E-state index in [2.05, 4.69) is 32.5 Å². The molecule has 1 aliphatic heterocycles. The summed E-state index contributed by atoms with van der Waals surface area (Å²) in [5.74, 6) is 1.43. The molecule has 1 saturated heterocycles. The van der Waals surface area contributed by atoms with Crippen LogP contribution in [0.4, 0.5) is 5.95 Å². The van der Waals surface area contributed by atoms with Crippen molar-refractivity contribution < 1.29 is 4.52 Å². The number of nitrogens with zero attached hydrogens (tertiary/aromatic N) is 3. The average molecular weight is 272 g/mol. The molecular formula is C15H20N4O. The predicted octanol–water partition coefficient (Wildman–Crippen LogP) is 2.17. The summed E-state index contributed by atoms with van der Waals surface area (Å²) < 4.78 is 5.39. The molecule has 1 atom stereocenters. The maximum Gasteiger partial charge on any atom is 0.266 e. The van der Waals surface area contributed by atoms with Crippen molar-refractivity contribution in [3.8, 4) is 0 Å². The number of anilines is 1. The van der Waals surface area contributed by atoms with E-state index in [0.29, 0.717) is 12.3 Å². The second-order valence-corrected chi connectivity index (χ2v) is 5.14. The topological polar surface area (TPSA) is 54.2 Å². The molecule has 2 aromatic rings. The van der Waals surface area contributed by atoms with Gasteiger partial charge in [-0.25, -0.2) is 0 Å². The Kier molecular flexibility index (Phi) is 3.97. The lowest BCUT2D eigenvalue weighted by Gasteiger charge is -2.14. The van der Waals surface area contributed by atoms with Crippen LogP contribution >= 0.6 is 0 Å². The first-order valence-electron chi connectivity index (χ1n) is 7.16. The number of aromatic nitrogens is 2. The third kappa shape index (κ3) is 2.82. The summed E-state index contributed by atoms with van der Waals surface area (Å²) in [4.78, 5) is 6.70. The highest BCUT2D eigenvalue weighted by molar-refractivity contribution is 5.29. The van der Waals surface area contributed by atoms with Crippen molar-refractivity contribution in [2.75, 3.05) is 25.0 Å². The Balaban J connectivity index is 1.70. The van der Waals surface area contributed by atoms with Crippen LogP contribution in [0.3, 0.4) is 0 Å². The van der Waals surface area contributed by atoms with Gasteiger partial charge in [0.2, 0.25) is 5.89 Å². The standard InChI is InChI=1S/C15H20N4O/c1-16-13(12-7-3-2-4-8-12)11-14-17-15(18-20-14)19-9-5-6-10-19/h2-4,7-8,13,16H,5-6,9-11H2,1H3. The molecule has 5 heteroatoms. The average Bonchev–Trinajstić information content (AvgIpc) is 3.16. The van der Waals surface area contributed by atoms with Gasteiger partial charge in [0.05, 0.1) is 0 Å². The first-order valence-corrected chi connectivity index (χ1v) is 7.16. The Labute approximate surface area is 119 Å². The van der Waals surface area contributed by atoms with Crippen LogP contribution in [0, 0.1) is 0 Å². The van der Waals surface area contributed by atoms with Crippen LogP contribution in [-0.2, 0) is 6.42 Å². The van der Waals surface area contributed by atoms with E-state index in [0.717, 1.165) is 19.0 Å². The van der Waals surface area contributed by atoms with Gasteiger partial charge in [-0.3, -0.25) is 0 Å². The van der Waals surface area contributed by atoms with Crippen LogP contribution in [0.25, 0.3) is 0 Å². The molecule has 1 aliphatic rings. The summed E-state index contributed by atoms with van der Waals surface area (Å²) in [7, 11) is 1.95. The predicted molar refractivity (Wildman–Crippen MR) is 77.7 cm³/mol. The lowest BCUT2D eigenvalue weighted by Crippen LogP contribution is -2.20. The summed E-state index contributed by atoms with van der Waals surface area (Å²) in [6, 6.07) is 10.5. The molecule has 0 bridgehead atoms. The SMILES string of the molecule is CNC(Cc1nc(N2CCCC2)no1)c1ccccc1. The summed E-state index contributed by atoms with van der Waals surface area (Å²) in [5, 5.41) is 7.40. The van der Waals surface area contributed by atoms with Crippen molar-refractivity contribution in [3.05, 3.63) is 41.8 Å². The number of likely N-dealkylation sites (N-methyl/N-ethyl adjacent to an activating group) is 1. The number of hydrogen-bond donors (Lipinski definition) is 1. The highest BCUT2D eigenvalue weighted by Gasteiger charge is 2.20. The Morgan fingerprint density at radius 1 is 1.25 bits per heavy atom. The Morgan fingerprint density at radius 2 is 2.00 bits per heavy atom. The third-order valence-electron chi connectivity index (χ3n) is 3.78. The van der Waals surface area contributed by atoms with E-state index in [1.165, 1.54) is 18.4 Å². The second-order valence-electron chi connectivity index (χ2n) is 5.14. The molecule has 3 rings (SSSR count). The van der Waals surface area contributed by atoms with Gasteiger partial charge < -0.3 is 14.7 Å². The quantitative estimate of drug-likeness (QED) is 0.904. The Hall–Kier alpha value is -1.88. The van der Waals surface area contributed by atoms with E-state index < -0.39 is 0 Å². The minimum atomic E-state index is 0.197. The summed E-state index contributed by atoms with van der Waals surface area (Å²) in [6.45, 7) is 2.07. The summed E-state index contributed by atoms with van der Waals surface area (Å²) in [6.07, 6.45) is 3.14. The highest BCUT2D eigenvalue weighted by atomic mass is 16.5. The first-order chi connectivity index (χ1) is 9.86. The second kappa shape index (κ2) is 6.05. The zero-order valence-electron chi connectivity index (χ0n) is 11.7. The zero-order chi connectivity index (χ0) is 13.8. The fourth-order valence-corrected chi connectivity index (χ4v) is 2.62. The smallest absolute Gasteiger partial charge is 0.266 e. The van der Waals surface area contributed by atoms with Gasteiger partial charge in [-0.05, 0) is 30.6 Å². The molecule has 1 aromatic heterocycles. The Morgan fingerprint density at radius 3 is 2.70 bits per heavy atom. The maximum atomic E-state index is 5.39. The molecule has 1 fully saturated rings. The van der Waals surface area contributed by atoms with Gasteiger partial charge >= 0.3 is 0 Å². The minimum absolute atomic E-state index is 0.197. The number of hydrogen-bond acceptors (Lipinski definition) is 5. The van der Waals surface area contributed by atoms with Crippen LogP contribution in [0.1, 0.15) is 30.3 Å². The van der Waals surface area contributed by atoms with Gasteiger partial charge in [0.15, 0.2) is 0 Å². The highest BCUT2D eigenvalue weighted by Crippen LogP contribution is 2.20. The van der Waals surface area contributed by atoms with Crippen molar-refractivity contribution in [2.45, 2.75) is 25.3 Å². The first kappa shape index (κ1) is 13.1. The van der Waals surface area contributed by atoms with Crippen molar-refractivity contribution in [1.29, 1.82) is 0 Å². The molecule has 0 saturated carbocycles. The van der Waals surface area contributed by atoms with Crippen molar-refractivity contribution >= 4 is 5.95 Å². The molecule has 0 aliphatic carbocycles. The number of benzene rings is 1. The lowest BCUT2D eigenvalue weighted by atomic mass is 10.0. The molecule has 2 heterocycles. The van der Waals surface area contributed by atoms with Crippen molar-refractivity contribution in [2.24, 2.45) is 0 Å². The van der Waals surface area contributed by atoms with E-state index in [4.69, 9.17) is 4.52 Å². The van der Waals surface area contributed by atoms with Gasteiger partial charge in [0, 0.05) is 25.6 Å². The lowest BCUT2D eigenvalue weighted by molar-refractivity contribution is 0.362. The molecule has 1 N–H and O–H groups in total. The third-order valence-corrected chi connectivity index (χ3v) is 3.78. The monoisotopic (exact) mass is 272 g/mol. The minimum Gasteiger partial charge on any atom is -0.338 e. The number of nitrogens with one attached hydrogen (secondary N) is 1. The van der Waals surface area contributed by atoms with E-state index >= 15 is 0 Å². The normalized spacial score (nSPS) is 16.6. The molecule has 20 heavy (non-hydrogen) atoms. The van der Waals surface area contributed by atoms with Crippen molar-refractivity contribution in [3.63, 3.8) is 0 Å². The van der Waals surface area contributed by atoms with Gasteiger partial charge in [0.1, 0.15) is 0 Å². The van der Waals surface area contributed by atoms with Gasteiger partial charge in [0.25, 0.3) is 5.95 Å². The largest absolute Gasteiger partial charge is 0.338 e. The van der Waals surface area contributed by atoms with Crippen LogP contribution in [0.2, 0.25) is 0 Å². The molecule has 106 valence electrons. The van der Waals surface area contributed by atoms with Gasteiger partial charge in [-0.2, -0.15) is 4.98 Å². The molecule has 1 unspecified atom stereocenters. The van der Waals surface area contributed by atoms with E-state index in [1.54, 1.807) is 0 Å². The van der Waals surface area contributed by atoms with Gasteiger partial charge in [-0.1, -0.05) is 30.3 Å². The fraction of sp³-hybridized carbons (Fsp3) is 0.467. The van der Waals surface area contributed by atoms with Gasteiger partial charge in [-0.15, -0.1) is 0 Å². The van der Waals surface area contributed by atoms with E-state index in [1.807, 2.05) is 25.2 Å². The van der Waals surface area contributed by atoms with Crippen LogP contribution in [0.5, 0.6) is 0 Å². The Bertz CT molecular complexity index is 534. The molecule has 0 amide bonds. The molecule has 1 aromatic carbocycles. The van der Waals surface area contributed by atoms with E-state index in [9.17, 15) is 0 Å². The van der Waals surface area contributed by atoms with E-state index in [-0.39, 0.29) is 6.04 Å². The zero-order valence-corrected chi connectivity index (χ0v) is 11.7. The maximum absolute atomic E-state index is 5.39.